The highest BCUT2D eigenvalue weighted by atomic mass is 35.5. The average molecular weight is 279 g/mol. The molecule has 0 saturated carbocycles. The molecule has 98 valence electrons. The van der Waals surface area contributed by atoms with Gasteiger partial charge in [0.25, 0.3) is 0 Å². The summed E-state index contributed by atoms with van der Waals surface area (Å²) in [6, 6.07) is 7.81. The number of aromatic nitrogens is 2. The van der Waals surface area contributed by atoms with E-state index in [9.17, 15) is 4.79 Å². The number of amides is 2. The Morgan fingerprint density at radius 1 is 1.32 bits per heavy atom. The summed E-state index contributed by atoms with van der Waals surface area (Å²) in [6.07, 6.45) is 1.50. The molecule has 6 nitrogen and oxygen atoms in total. The van der Waals surface area contributed by atoms with Gasteiger partial charge in [0, 0.05) is 18.0 Å². The highest BCUT2D eigenvalue weighted by Gasteiger charge is 2.05. The van der Waals surface area contributed by atoms with Gasteiger partial charge in [-0.05, 0) is 18.2 Å². The van der Waals surface area contributed by atoms with Crippen molar-refractivity contribution in [3.05, 3.63) is 41.7 Å². The molecule has 2 aromatic rings. The van der Waals surface area contributed by atoms with E-state index in [1.165, 1.54) is 13.3 Å². The van der Waals surface area contributed by atoms with Gasteiger partial charge in [0.05, 0.1) is 7.11 Å². The largest absolute Gasteiger partial charge is 0.481 e. The van der Waals surface area contributed by atoms with Gasteiger partial charge in [-0.3, -0.25) is 5.32 Å². The zero-order chi connectivity index (χ0) is 13.7. The van der Waals surface area contributed by atoms with Crippen molar-refractivity contribution in [3.8, 4) is 5.88 Å². The third-order valence-electron chi connectivity index (χ3n) is 2.16. The topological polar surface area (TPSA) is 76.1 Å². The molecule has 0 fully saturated rings. The molecule has 0 aromatic carbocycles. The van der Waals surface area contributed by atoms with Gasteiger partial charge in [0.2, 0.25) is 5.88 Å². The van der Waals surface area contributed by atoms with E-state index in [-0.39, 0.29) is 0 Å². The number of nitrogens with one attached hydrogen (secondary N) is 2. The summed E-state index contributed by atoms with van der Waals surface area (Å²) in [5, 5.41) is 5.50. The molecule has 2 aromatic heterocycles. The molecule has 0 aliphatic heterocycles. The average Bonchev–Trinajstić information content (AvgIpc) is 2.38. The molecule has 0 bridgehead atoms. The molecule has 2 amide bonds. The molecule has 0 aliphatic rings. The summed E-state index contributed by atoms with van der Waals surface area (Å²) in [5.41, 5.74) is 0.542. The van der Waals surface area contributed by atoms with Crippen LogP contribution >= 0.6 is 11.6 Å². The summed E-state index contributed by atoms with van der Waals surface area (Å²) in [6.45, 7) is 0. The van der Waals surface area contributed by atoms with E-state index >= 15 is 0 Å². The van der Waals surface area contributed by atoms with Gasteiger partial charge in [-0.1, -0.05) is 17.7 Å². The maximum Gasteiger partial charge on any atom is 0.324 e. The Morgan fingerprint density at radius 2 is 2.16 bits per heavy atom. The van der Waals surface area contributed by atoms with Crippen molar-refractivity contribution in [3.63, 3.8) is 0 Å². The minimum absolute atomic E-state index is 0.303. The van der Waals surface area contributed by atoms with Gasteiger partial charge in [-0.15, -0.1) is 0 Å². The van der Waals surface area contributed by atoms with E-state index < -0.39 is 6.03 Å². The monoisotopic (exact) mass is 278 g/mol. The van der Waals surface area contributed by atoms with Gasteiger partial charge >= 0.3 is 6.03 Å². The van der Waals surface area contributed by atoms with Crippen LogP contribution in [0.25, 0.3) is 0 Å². The number of ether oxygens (including phenoxy) is 1. The van der Waals surface area contributed by atoms with Gasteiger partial charge in [-0.2, -0.15) is 4.98 Å². The van der Waals surface area contributed by atoms with Gasteiger partial charge < -0.3 is 10.1 Å². The molecule has 0 aliphatic carbocycles. The predicted molar refractivity (Wildman–Crippen MR) is 72.7 cm³/mol. The fraction of sp³-hybridized carbons (Fsp3) is 0.0833. The lowest BCUT2D eigenvalue weighted by molar-refractivity contribution is 0.262. The van der Waals surface area contributed by atoms with Crippen LogP contribution in [0.3, 0.4) is 0 Å². The maximum atomic E-state index is 11.7. The second kappa shape index (κ2) is 6.01. The van der Waals surface area contributed by atoms with Crippen LogP contribution in [0.15, 0.2) is 36.5 Å². The van der Waals surface area contributed by atoms with Gasteiger partial charge in [0.1, 0.15) is 11.0 Å². The molecule has 19 heavy (non-hydrogen) atoms. The van der Waals surface area contributed by atoms with Crippen LogP contribution < -0.4 is 15.4 Å². The van der Waals surface area contributed by atoms with E-state index in [2.05, 4.69) is 20.6 Å². The fourth-order valence-electron chi connectivity index (χ4n) is 1.36. The Morgan fingerprint density at radius 3 is 2.89 bits per heavy atom. The zero-order valence-electron chi connectivity index (χ0n) is 10.1. The van der Waals surface area contributed by atoms with Crippen LogP contribution in [0, 0.1) is 0 Å². The second-order valence-corrected chi connectivity index (χ2v) is 3.90. The fourth-order valence-corrected chi connectivity index (χ4v) is 1.53. The maximum absolute atomic E-state index is 11.7. The highest BCUT2D eigenvalue weighted by Crippen LogP contribution is 2.13. The van der Waals surface area contributed by atoms with Crippen molar-refractivity contribution >= 4 is 29.1 Å². The number of hydrogen-bond donors (Lipinski definition) is 2. The Kier molecular flexibility index (Phi) is 4.15. The number of carbonyl (C=O) groups excluding carboxylic acids is 1. The first kappa shape index (κ1) is 13.1. The molecular weight excluding hydrogens is 268 g/mol. The summed E-state index contributed by atoms with van der Waals surface area (Å²) in [7, 11) is 1.51. The van der Waals surface area contributed by atoms with Crippen LogP contribution in [0.5, 0.6) is 5.88 Å². The summed E-state index contributed by atoms with van der Waals surface area (Å²) < 4.78 is 4.96. The smallest absolute Gasteiger partial charge is 0.324 e. The molecule has 0 atom stereocenters. The number of rotatable bonds is 3. The Balaban J connectivity index is 2.01. The first-order chi connectivity index (χ1) is 9.17. The molecule has 0 unspecified atom stereocenters. The summed E-state index contributed by atoms with van der Waals surface area (Å²) >= 11 is 5.72. The van der Waals surface area contributed by atoms with Crippen molar-refractivity contribution in [2.75, 3.05) is 17.7 Å². The third kappa shape index (κ3) is 3.82. The van der Waals surface area contributed by atoms with Crippen LogP contribution in [0.4, 0.5) is 16.3 Å². The van der Waals surface area contributed by atoms with Crippen molar-refractivity contribution in [2.45, 2.75) is 0 Å². The summed E-state index contributed by atoms with van der Waals surface area (Å²) in [5.74, 6) is 0.807. The van der Waals surface area contributed by atoms with Crippen LogP contribution in [0.1, 0.15) is 0 Å². The minimum Gasteiger partial charge on any atom is -0.481 e. The third-order valence-corrected chi connectivity index (χ3v) is 2.37. The molecular formula is C12H11ClN4O2. The van der Waals surface area contributed by atoms with Crippen LogP contribution in [0.2, 0.25) is 5.15 Å². The van der Waals surface area contributed by atoms with Crippen molar-refractivity contribution < 1.29 is 9.53 Å². The number of anilines is 2. The number of methoxy groups -OCH3 is 1. The normalized spacial score (nSPS) is 9.79. The first-order valence-corrected chi connectivity index (χ1v) is 5.76. The molecule has 2 rings (SSSR count). The molecule has 0 saturated heterocycles. The van der Waals surface area contributed by atoms with Crippen molar-refractivity contribution in [1.82, 2.24) is 9.97 Å². The molecule has 7 heteroatoms. The second-order valence-electron chi connectivity index (χ2n) is 3.51. The Labute approximate surface area is 114 Å². The Hall–Kier alpha value is -2.34. The van der Waals surface area contributed by atoms with Crippen molar-refractivity contribution in [1.29, 1.82) is 0 Å². The standard InChI is InChI=1S/C12H11ClN4O2/c1-19-11-4-2-3-10(16-11)17-12(18)15-8-5-6-14-9(13)7-8/h2-7H,1H3,(H2,14,15,16,17,18). The number of pyridine rings is 2. The lowest BCUT2D eigenvalue weighted by Gasteiger charge is -2.07. The SMILES string of the molecule is COc1cccc(NC(=O)Nc2ccnc(Cl)c2)n1. The van der Waals surface area contributed by atoms with Crippen LogP contribution in [-0.2, 0) is 0 Å². The molecule has 2 heterocycles. The molecule has 2 N–H and O–H groups in total. The number of hydrogen-bond acceptors (Lipinski definition) is 4. The first-order valence-electron chi connectivity index (χ1n) is 5.38. The molecule has 0 radical (unpaired) electrons. The van der Waals surface area contributed by atoms with E-state index in [0.717, 1.165) is 0 Å². The summed E-state index contributed by atoms with van der Waals surface area (Å²) in [4.78, 5) is 19.6. The predicted octanol–water partition coefficient (Wildman–Crippen LogP) is 2.78. The van der Waals surface area contributed by atoms with Crippen molar-refractivity contribution in [2.24, 2.45) is 0 Å². The highest BCUT2D eigenvalue weighted by molar-refractivity contribution is 6.29. The lowest BCUT2D eigenvalue weighted by Crippen LogP contribution is -2.20. The van der Waals surface area contributed by atoms with Gasteiger partial charge in [0.15, 0.2) is 0 Å². The quantitative estimate of drug-likeness (QED) is 0.847. The molecule has 0 spiro atoms. The number of nitrogens with zero attached hydrogens (tertiary/aromatic N) is 2. The van der Waals surface area contributed by atoms with E-state index in [1.807, 2.05) is 0 Å². The number of halogens is 1. The van der Waals surface area contributed by atoms with E-state index in [0.29, 0.717) is 22.5 Å². The minimum atomic E-state index is -0.428. The number of carbonyl (C=O) groups is 1. The van der Waals surface area contributed by atoms with Crippen LogP contribution in [-0.4, -0.2) is 23.1 Å². The van der Waals surface area contributed by atoms with E-state index in [4.69, 9.17) is 16.3 Å². The van der Waals surface area contributed by atoms with E-state index in [1.54, 1.807) is 30.3 Å². The van der Waals surface area contributed by atoms with Gasteiger partial charge in [-0.25, -0.2) is 9.78 Å². The number of urea groups is 1. The zero-order valence-corrected chi connectivity index (χ0v) is 10.8. The Bertz CT molecular complexity index is 591. The lowest BCUT2D eigenvalue weighted by atomic mass is 10.4.